The number of halogens is 1. The van der Waals surface area contributed by atoms with Gasteiger partial charge in [-0.2, -0.15) is 0 Å². The summed E-state index contributed by atoms with van der Waals surface area (Å²) < 4.78 is 18.6. The number of hydrogen-bond acceptors (Lipinski definition) is 2. The highest BCUT2D eigenvalue weighted by molar-refractivity contribution is 5.46. The Morgan fingerprint density at radius 3 is 2.82 bits per heavy atom. The van der Waals surface area contributed by atoms with Crippen LogP contribution in [0, 0.1) is 23.6 Å². The third-order valence-corrected chi connectivity index (χ3v) is 1.97. The monoisotopic (exact) mass is 236 g/mol. The van der Waals surface area contributed by atoms with E-state index in [0.29, 0.717) is 30.3 Å². The van der Waals surface area contributed by atoms with Gasteiger partial charge in [0.25, 0.3) is 0 Å². The second kappa shape index (κ2) is 6.93. The minimum atomic E-state index is -0.338. The zero-order chi connectivity index (χ0) is 12.7. The van der Waals surface area contributed by atoms with Gasteiger partial charge in [-0.1, -0.05) is 25.7 Å². The molecule has 0 aliphatic rings. The second-order valence-corrected chi connectivity index (χ2v) is 4.12. The maximum atomic E-state index is 13.1. The predicted molar refractivity (Wildman–Crippen MR) is 65.3 cm³/mol. The van der Waals surface area contributed by atoms with E-state index in [0.717, 1.165) is 0 Å². The van der Waals surface area contributed by atoms with Gasteiger partial charge in [-0.05, 0) is 24.1 Å². The second-order valence-electron chi connectivity index (χ2n) is 4.12. The Morgan fingerprint density at radius 2 is 2.18 bits per heavy atom. The standard InChI is InChI=1S/C14H17FO2/c1-11(2)10-17-14-7-6-13(15)9-12(14)5-3-4-8-16/h6-7,9,11,16H,4,8,10H2,1-2H3. The van der Waals surface area contributed by atoms with Crippen LogP contribution >= 0.6 is 0 Å². The molecule has 0 radical (unpaired) electrons. The van der Waals surface area contributed by atoms with E-state index in [1.807, 2.05) is 13.8 Å². The van der Waals surface area contributed by atoms with Crippen molar-refractivity contribution < 1.29 is 14.2 Å². The zero-order valence-corrected chi connectivity index (χ0v) is 10.2. The predicted octanol–water partition coefficient (Wildman–Crippen LogP) is 2.59. The van der Waals surface area contributed by atoms with E-state index < -0.39 is 0 Å². The first-order valence-corrected chi connectivity index (χ1v) is 5.65. The minimum Gasteiger partial charge on any atom is -0.492 e. The lowest BCUT2D eigenvalue weighted by Crippen LogP contribution is -2.05. The average molecular weight is 236 g/mol. The molecule has 0 amide bonds. The molecule has 92 valence electrons. The molecular formula is C14H17FO2. The summed E-state index contributed by atoms with van der Waals surface area (Å²) in [6.07, 6.45) is 0.375. The fourth-order valence-corrected chi connectivity index (χ4v) is 1.20. The average Bonchev–Trinajstić information content (AvgIpc) is 2.28. The maximum Gasteiger partial charge on any atom is 0.135 e. The Balaban J connectivity index is 2.85. The first kappa shape index (κ1) is 13.5. The summed E-state index contributed by atoms with van der Waals surface area (Å²) in [6, 6.07) is 4.29. The van der Waals surface area contributed by atoms with Crippen LogP contribution in [-0.2, 0) is 0 Å². The Kier molecular flexibility index (Phi) is 5.51. The minimum absolute atomic E-state index is 0.00446. The smallest absolute Gasteiger partial charge is 0.135 e. The molecule has 17 heavy (non-hydrogen) atoms. The lowest BCUT2D eigenvalue weighted by molar-refractivity contribution is 0.270. The van der Waals surface area contributed by atoms with Gasteiger partial charge in [0.2, 0.25) is 0 Å². The summed E-state index contributed by atoms with van der Waals surface area (Å²) in [5.41, 5.74) is 0.527. The van der Waals surface area contributed by atoms with Crippen molar-refractivity contribution >= 4 is 0 Å². The highest BCUT2D eigenvalue weighted by atomic mass is 19.1. The van der Waals surface area contributed by atoms with E-state index in [9.17, 15) is 4.39 Å². The van der Waals surface area contributed by atoms with E-state index in [1.165, 1.54) is 12.1 Å². The van der Waals surface area contributed by atoms with Crippen LogP contribution in [0.3, 0.4) is 0 Å². The molecule has 1 N–H and O–H groups in total. The largest absolute Gasteiger partial charge is 0.492 e. The third-order valence-electron chi connectivity index (χ3n) is 1.97. The van der Waals surface area contributed by atoms with Crippen molar-refractivity contribution in [1.29, 1.82) is 0 Å². The van der Waals surface area contributed by atoms with Gasteiger partial charge in [0.05, 0.1) is 18.8 Å². The Bertz CT molecular complexity index is 416. The van der Waals surface area contributed by atoms with Crippen molar-refractivity contribution in [3.8, 4) is 17.6 Å². The number of hydrogen-bond donors (Lipinski definition) is 1. The number of rotatable bonds is 4. The van der Waals surface area contributed by atoms with Gasteiger partial charge in [-0.15, -0.1) is 0 Å². The van der Waals surface area contributed by atoms with Gasteiger partial charge < -0.3 is 9.84 Å². The van der Waals surface area contributed by atoms with Crippen molar-refractivity contribution in [3.05, 3.63) is 29.6 Å². The van der Waals surface area contributed by atoms with Gasteiger partial charge in [-0.3, -0.25) is 0 Å². The molecule has 0 heterocycles. The zero-order valence-electron chi connectivity index (χ0n) is 10.2. The molecule has 0 bridgehead atoms. The van der Waals surface area contributed by atoms with Crippen LogP contribution in [0.25, 0.3) is 0 Å². The van der Waals surface area contributed by atoms with Crippen LogP contribution in [0.5, 0.6) is 5.75 Å². The summed E-state index contributed by atoms with van der Waals surface area (Å²) in [5, 5.41) is 8.64. The first-order valence-electron chi connectivity index (χ1n) is 5.65. The molecule has 0 aliphatic carbocycles. The lowest BCUT2D eigenvalue weighted by Gasteiger charge is -2.10. The van der Waals surface area contributed by atoms with Crippen LogP contribution in [0.2, 0.25) is 0 Å². The molecular weight excluding hydrogens is 219 g/mol. The van der Waals surface area contributed by atoms with Gasteiger partial charge in [0.15, 0.2) is 0 Å². The fourth-order valence-electron chi connectivity index (χ4n) is 1.20. The van der Waals surface area contributed by atoms with Crippen molar-refractivity contribution in [2.24, 2.45) is 5.92 Å². The number of aliphatic hydroxyl groups excluding tert-OH is 1. The molecule has 0 saturated carbocycles. The van der Waals surface area contributed by atoms with Crippen molar-refractivity contribution in [1.82, 2.24) is 0 Å². The number of benzene rings is 1. The molecule has 0 spiro atoms. The molecule has 0 aromatic heterocycles. The third kappa shape index (κ3) is 4.88. The van der Waals surface area contributed by atoms with E-state index in [2.05, 4.69) is 11.8 Å². The summed E-state index contributed by atoms with van der Waals surface area (Å²) >= 11 is 0. The van der Waals surface area contributed by atoms with Crippen LogP contribution in [0.4, 0.5) is 4.39 Å². The normalized spacial score (nSPS) is 9.94. The van der Waals surface area contributed by atoms with Crippen LogP contribution in [0.15, 0.2) is 18.2 Å². The molecule has 0 unspecified atom stereocenters. The van der Waals surface area contributed by atoms with E-state index in [4.69, 9.17) is 9.84 Å². The van der Waals surface area contributed by atoms with Crippen molar-refractivity contribution in [2.45, 2.75) is 20.3 Å². The van der Waals surface area contributed by atoms with Crippen molar-refractivity contribution in [3.63, 3.8) is 0 Å². The first-order chi connectivity index (χ1) is 8.13. The molecule has 0 saturated heterocycles. The summed E-state index contributed by atoms with van der Waals surface area (Å²) in [6.45, 7) is 4.66. The van der Waals surface area contributed by atoms with E-state index in [1.54, 1.807) is 6.07 Å². The summed E-state index contributed by atoms with van der Waals surface area (Å²) in [7, 11) is 0. The number of aliphatic hydroxyl groups is 1. The SMILES string of the molecule is CC(C)COc1ccc(F)cc1C#CCCO. The Morgan fingerprint density at radius 1 is 1.41 bits per heavy atom. The molecule has 0 atom stereocenters. The molecule has 2 nitrogen and oxygen atoms in total. The Labute approximate surface area is 101 Å². The quantitative estimate of drug-likeness (QED) is 0.814. The van der Waals surface area contributed by atoms with Gasteiger partial charge in [0, 0.05) is 6.42 Å². The summed E-state index contributed by atoms with van der Waals surface area (Å²) in [4.78, 5) is 0. The van der Waals surface area contributed by atoms with E-state index >= 15 is 0 Å². The highest BCUT2D eigenvalue weighted by Gasteiger charge is 2.04. The topological polar surface area (TPSA) is 29.5 Å². The number of ether oxygens (including phenoxy) is 1. The van der Waals surface area contributed by atoms with Gasteiger partial charge in [0.1, 0.15) is 11.6 Å². The highest BCUT2D eigenvalue weighted by Crippen LogP contribution is 2.19. The molecule has 1 rings (SSSR count). The molecule has 0 aliphatic heterocycles. The lowest BCUT2D eigenvalue weighted by atomic mass is 10.2. The van der Waals surface area contributed by atoms with Crippen LogP contribution in [-0.4, -0.2) is 18.3 Å². The van der Waals surface area contributed by atoms with Gasteiger partial charge >= 0.3 is 0 Å². The maximum absolute atomic E-state index is 13.1. The van der Waals surface area contributed by atoms with Crippen LogP contribution < -0.4 is 4.74 Å². The molecule has 3 heteroatoms. The summed E-state index contributed by atoms with van der Waals surface area (Å²) in [5.74, 6) is 6.22. The Hall–Kier alpha value is -1.53. The van der Waals surface area contributed by atoms with E-state index in [-0.39, 0.29) is 12.4 Å². The molecule has 0 fully saturated rings. The van der Waals surface area contributed by atoms with Crippen LogP contribution in [0.1, 0.15) is 25.8 Å². The molecule has 1 aromatic carbocycles. The van der Waals surface area contributed by atoms with Crippen molar-refractivity contribution in [2.75, 3.05) is 13.2 Å². The van der Waals surface area contributed by atoms with Gasteiger partial charge in [-0.25, -0.2) is 4.39 Å². The fraction of sp³-hybridized carbons (Fsp3) is 0.429. The molecule has 1 aromatic rings.